The Hall–Kier alpha value is -1.28. The van der Waals surface area contributed by atoms with Crippen molar-refractivity contribution in [3.05, 3.63) is 42.9 Å². The van der Waals surface area contributed by atoms with Gasteiger partial charge in [-0.25, -0.2) is 0 Å². The molecule has 3 rings (SSSR count). The zero-order chi connectivity index (χ0) is 11.0. The average Bonchev–Trinajstić information content (AvgIpc) is 2.87. The van der Waals surface area contributed by atoms with Crippen LogP contribution in [0.2, 0.25) is 0 Å². The third-order valence-electron chi connectivity index (χ3n) is 3.38. The maximum absolute atomic E-state index is 5.92. The van der Waals surface area contributed by atoms with E-state index in [0.29, 0.717) is 5.92 Å². The van der Waals surface area contributed by atoms with Crippen LogP contribution in [0.5, 0.6) is 0 Å². The van der Waals surface area contributed by atoms with Gasteiger partial charge in [-0.05, 0) is 37.4 Å². The SMILES string of the molecule is [CH]C1CCN(Cc2c[nH]c3ccccc23)C1. The summed E-state index contributed by atoms with van der Waals surface area (Å²) >= 11 is 0. The Bertz CT molecular complexity index is 486. The Morgan fingerprint density at radius 3 is 3.06 bits per heavy atom. The van der Waals surface area contributed by atoms with Gasteiger partial charge in [0.2, 0.25) is 0 Å². The molecule has 1 aliphatic heterocycles. The highest BCUT2D eigenvalue weighted by Gasteiger charge is 2.19. The van der Waals surface area contributed by atoms with Crippen LogP contribution in [-0.4, -0.2) is 23.0 Å². The number of fused-ring (bicyclic) bond motifs is 1. The van der Waals surface area contributed by atoms with Gasteiger partial charge in [0, 0.05) is 30.2 Å². The van der Waals surface area contributed by atoms with E-state index < -0.39 is 0 Å². The lowest BCUT2D eigenvalue weighted by Gasteiger charge is -2.14. The van der Waals surface area contributed by atoms with Crippen molar-refractivity contribution in [3.63, 3.8) is 0 Å². The van der Waals surface area contributed by atoms with E-state index in [2.05, 4.69) is 40.3 Å². The van der Waals surface area contributed by atoms with Crippen LogP contribution >= 0.6 is 0 Å². The van der Waals surface area contributed by atoms with Crippen molar-refractivity contribution in [3.8, 4) is 0 Å². The molecule has 1 atom stereocenters. The fourth-order valence-corrected chi connectivity index (χ4v) is 2.51. The third kappa shape index (κ3) is 1.74. The number of hydrogen-bond donors (Lipinski definition) is 1. The van der Waals surface area contributed by atoms with Crippen LogP contribution in [0.25, 0.3) is 10.9 Å². The van der Waals surface area contributed by atoms with E-state index in [1.807, 2.05) is 0 Å². The number of para-hydroxylation sites is 1. The van der Waals surface area contributed by atoms with Crippen molar-refractivity contribution in [2.75, 3.05) is 13.1 Å². The molecule has 0 spiro atoms. The molecule has 16 heavy (non-hydrogen) atoms. The molecular formula is C14H16N2. The summed E-state index contributed by atoms with van der Waals surface area (Å²) in [5.74, 6) is 0.366. The number of hydrogen-bond acceptors (Lipinski definition) is 1. The van der Waals surface area contributed by atoms with Crippen molar-refractivity contribution in [1.29, 1.82) is 0 Å². The number of rotatable bonds is 2. The summed E-state index contributed by atoms with van der Waals surface area (Å²) in [5.41, 5.74) is 2.60. The van der Waals surface area contributed by atoms with E-state index in [-0.39, 0.29) is 0 Å². The largest absolute Gasteiger partial charge is 0.361 e. The van der Waals surface area contributed by atoms with Gasteiger partial charge >= 0.3 is 0 Å². The first kappa shape index (κ1) is 9.91. The number of nitrogens with zero attached hydrogens (tertiary/aromatic N) is 1. The van der Waals surface area contributed by atoms with Crippen LogP contribution in [0.15, 0.2) is 30.5 Å². The standard InChI is InChI=1S/C14H16N2/c1-11-6-7-16(9-11)10-12-8-15-14-5-3-2-4-13(12)14/h1-5,8,11,15H,6-7,9-10H2. The van der Waals surface area contributed by atoms with Crippen LogP contribution in [0.3, 0.4) is 0 Å². The molecule has 0 saturated carbocycles. The van der Waals surface area contributed by atoms with E-state index in [1.54, 1.807) is 0 Å². The number of benzene rings is 1. The molecule has 1 fully saturated rings. The quantitative estimate of drug-likeness (QED) is 0.811. The van der Waals surface area contributed by atoms with Gasteiger partial charge in [0.15, 0.2) is 0 Å². The van der Waals surface area contributed by atoms with Gasteiger partial charge in [0.1, 0.15) is 0 Å². The van der Waals surface area contributed by atoms with E-state index in [9.17, 15) is 0 Å². The maximum Gasteiger partial charge on any atom is 0.0457 e. The summed E-state index contributed by atoms with van der Waals surface area (Å²) in [6.45, 7) is 9.08. The highest BCUT2D eigenvalue weighted by atomic mass is 15.1. The molecule has 2 heteroatoms. The number of H-pyrrole nitrogens is 1. The summed E-state index contributed by atoms with van der Waals surface area (Å²) in [6, 6.07) is 8.45. The molecular weight excluding hydrogens is 196 g/mol. The van der Waals surface area contributed by atoms with Gasteiger partial charge in [-0.3, -0.25) is 4.90 Å². The second-order valence-corrected chi connectivity index (χ2v) is 4.64. The molecule has 2 aromatic rings. The number of aromatic amines is 1. The molecule has 1 N–H and O–H groups in total. The predicted molar refractivity (Wildman–Crippen MR) is 66.0 cm³/mol. The van der Waals surface area contributed by atoms with Gasteiger partial charge in [0.05, 0.1) is 0 Å². The third-order valence-corrected chi connectivity index (χ3v) is 3.38. The van der Waals surface area contributed by atoms with E-state index >= 15 is 0 Å². The zero-order valence-electron chi connectivity index (χ0n) is 9.32. The summed E-state index contributed by atoms with van der Waals surface area (Å²) in [7, 11) is 0. The molecule has 1 saturated heterocycles. The van der Waals surface area contributed by atoms with Gasteiger partial charge in [0.25, 0.3) is 0 Å². The minimum absolute atomic E-state index is 0.366. The number of aromatic nitrogens is 1. The topological polar surface area (TPSA) is 19.0 Å². The summed E-state index contributed by atoms with van der Waals surface area (Å²) in [4.78, 5) is 5.75. The Kier molecular flexibility index (Phi) is 2.44. The Balaban J connectivity index is 1.84. The summed E-state index contributed by atoms with van der Waals surface area (Å²) in [5, 5.41) is 1.34. The molecule has 2 heterocycles. The average molecular weight is 212 g/mol. The van der Waals surface area contributed by atoms with E-state index in [0.717, 1.165) is 26.1 Å². The van der Waals surface area contributed by atoms with E-state index in [1.165, 1.54) is 16.5 Å². The van der Waals surface area contributed by atoms with Gasteiger partial charge in [-0.2, -0.15) is 0 Å². The van der Waals surface area contributed by atoms with Crippen LogP contribution in [-0.2, 0) is 6.54 Å². The molecule has 1 aliphatic rings. The molecule has 1 unspecified atom stereocenters. The highest BCUT2D eigenvalue weighted by molar-refractivity contribution is 5.82. The molecule has 2 nitrogen and oxygen atoms in total. The smallest absolute Gasteiger partial charge is 0.0457 e. The lowest BCUT2D eigenvalue weighted by molar-refractivity contribution is 0.325. The van der Waals surface area contributed by atoms with Crippen molar-refractivity contribution < 1.29 is 0 Å². The van der Waals surface area contributed by atoms with Crippen molar-refractivity contribution in [2.45, 2.75) is 13.0 Å². The molecule has 0 bridgehead atoms. The van der Waals surface area contributed by atoms with Gasteiger partial charge in [-0.1, -0.05) is 18.2 Å². The molecule has 1 aromatic carbocycles. The Labute approximate surface area is 96.3 Å². The van der Waals surface area contributed by atoms with Crippen LogP contribution in [0, 0.1) is 12.8 Å². The molecule has 0 aliphatic carbocycles. The minimum Gasteiger partial charge on any atom is -0.361 e. The lowest BCUT2D eigenvalue weighted by atomic mass is 10.1. The van der Waals surface area contributed by atoms with Crippen LogP contribution < -0.4 is 0 Å². The highest BCUT2D eigenvalue weighted by Crippen LogP contribution is 2.22. The van der Waals surface area contributed by atoms with Gasteiger partial charge < -0.3 is 4.98 Å². The number of likely N-dealkylation sites (tertiary alicyclic amines) is 1. The van der Waals surface area contributed by atoms with Crippen LogP contribution in [0.4, 0.5) is 0 Å². The fourth-order valence-electron chi connectivity index (χ4n) is 2.51. The summed E-state index contributed by atoms with van der Waals surface area (Å²) < 4.78 is 0. The van der Waals surface area contributed by atoms with Crippen LogP contribution in [0.1, 0.15) is 12.0 Å². The van der Waals surface area contributed by atoms with E-state index in [4.69, 9.17) is 6.92 Å². The monoisotopic (exact) mass is 212 g/mol. The normalized spacial score (nSPS) is 21.9. The maximum atomic E-state index is 5.92. The zero-order valence-corrected chi connectivity index (χ0v) is 9.32. The molecule has 82 valence electrons. The van der Waals surface area contributed by atoms with Crippen molar-refractivity contribution >= 4 is 10.9 Å². The number of nitrogens with one attached hydrogen (secondary N) is 1. The fraction of sp³-hybridized carbons (Fsp3) is 0.357. The second kappa shape index (κ2) is 3.95. The van der Waals surface area contributed by atoms with Crippen molar-refractivity contribution in [1.82, 2.24) is 9.88 Å². The summed E-state index contributed by atoms with van der Waals surface area (Å²) in [6.07, 6.45) is 3.25. The molecule has 2 radical (unpaired) electrons. The second-order valence-electron chi connectivity index (χ2n) is 4.64. The Morgan fingerprint density at radius 2 is 2.25 bits per heavy atom. The first-order chi connectivity index (χ1) is 7.83. The Morgan fingerprint density at radius 1 is 1.38 bits per heavy atom. The van der Waals surface area contributed by atoms with Crippen molar-refractivity contribution in [2.24, 2.45) is 5.92 Å². The van der Waals surface area contributed by atoms with Gasteiger partial charge in [-0.15, -0.1) is 0 Å². The lowest BCUT2D eigenvalue weighted by Crippen LogP contribution is -2.19. The molecule has 1 aromatic heterocycles. The minimum atomic E-state index is 0.366. The first-order valence-corrected chi connectivity index (χ1v) is 5.86. The first-order valence-electron chi connectivity index (χ1n) is 5.86. The predicted octanol–water partition coefficient (Wildman–Crippen LogP) is 2.70. The molecule has 0 amide bonds.